The van der Waals surface area contributed by atoms with Gasteiger partial charge >= 0.3 is 5.97 Å². The Morgan fingerprint density at radius 3 is 2.94 bits per heavy atom. The number of methoxy groups -OCH3 is 1. The van der Waals surface area contributed by atoms with Gasteiger partial charge in [0.1, 0.15) is 11.2 Å². The summed E-state index contributed by atoms with van der Waals surface area (Å²) in [5.74, 6) is -0.382. The normalized spacial score (nSPS) is 10.3. The molecule has 0 amide bonds. The fourth-order valence-corrected chi connectivity index (χ4v) is 2.65. The van der Waals surface area contributed by atoms with Gasteiger partial charge in [0.15, 0.2) is 0 Å². The number of nitrogens with zero attached hydrogens (tertiary/aromatic N) is 2. The van der Waals surface area contributed by atoms with Crippen LogP contribution in [-0.2, 0) is 4.74 Å². The molecule has 0 aliphatic rings. The molecule has 2 aromatic rings. The summed E-state index contributed by atoms with van der Waals surface area (Å²) in [5, 5.41) is 2.29. The standard InChI is InChI=1S/C11H9ClN2O2S/c1-6-4-17-10(11(15)16-2)8(6)9-7(12)3-13-5-14-9/h3-5H,1-2H3. The summed E-state index contributed by atoms with van der Waals surface area (Å²) in [7, 11) is 1.35. The maximum Gasteiger partial charge on any atom is 0.348 e. The highest BCUT2D eigenvalue weighted by Crippen LogP contribution is 2.35. The van der Waals surface area contributed by atoms with Crippen LogP contribution in [0.15, 0.2) is 17.9 Å². The van der Waals surface area contributed by atoms with E-state index in [9.17, 15) is 4.79 Å². The maximum atomic E-state index is 11.6. The summed E-state index contributed by atoms with van der Waals surface area (Å²) in [6.45, 7) is 1.90. The molecular formula is C11H9ClN2O2S. The first kappa shape index (κ1) is 12.0. The summed E-state index contributed by atoms with van der Waals surface area (Å²) < 4.78 is 4.74. The summed E-state index contributed by atoms with van der Waals surface area (Å²) in [6, 6.07) is 0. The van der Waals surface area contributed by atoms with Crippen LogP contribution in [0.5, 0.6) is 0 Å². The Balaban J connectivity index is 2.63. The highest BCUT2D eigenvalue weighted by atomic mass is 35.5. The fourth-order valence-electron chi connectivity index (χ4n) is 1.48. The molecule has 0 radical (unpaired) electrons. The molecule has 4 nitrogen and oxygen atoms in total. The number of carbonyl (C=O) groups is 1. The molecule has 88 valence electrons. The first-order chi connectivity index (χ1) is 8.15. The third kappa shape index (κ3) is 2.16. The van der Waals surface area contributed by atoms with Crippen molar-refractivity contribution in [3.63, 3.8) is 0 Å². The van der Waals surface area contributed by atoms with Crippen LogP contribution >= 0.6 is 22.9 Å². The lowest BCUT2D eigenvalue weighted by atomic mass is 10.1. The molecule has 0 N–H and O–H groups in total. The molecule has 0 aromatic carbocycles. The maximum absolute atomic E-state index is 11.6. The number of hydrogen-bond donors (Lipinski definition) is 0. The van der Waals surface area contributed by atoms with Crippen molar-refractivity contribution in [2.75, 3.05) is 7.11 Å². The molecule has 2 aromatic heterocycles. The Morgan fingerprint density at radius 2 is 2.29 bits per heavy atom. The van der Waals surface area contributed by atoms with Crippen molar-refractivity contribution in [2.24, 2.45) is 0 Å². The van der Waals surface area contributed by atoms with Gasteiger partial charge in [-0.15, -0.1) is 11.3 Å². The first-order valence-electron chi connectivity index (χ1n) is 4.77. The Hall–Kier alpha value is -1.46. The van der Waals surface area contributed by atoms with E-state index in [1.807, 2.05) is 12.3 Å². The second kappa shape index (κ2) is 4.81. The molecule has 0 fully saturated rings. The van der Waals surface area contributed by atoms with Gasteiger partial charge in [0.2, 0.25) is 0 Å². The van der Waals surface area contributed by atoms with Gasteiger partial charge in [-0.1, -0.05) is 11.6 Å². The van der Waals surface area contributed by atoms with E-state index in [-0.39, 0.29) is 5.97 Å². The second-order valence-electron chi connectivity index (χ2n) is 3.33. The molecule has 0 bridgehead atoms. The lowest BCUT2D eigenvalue weighted by Gasteiger charge is -2.04. The van der Waals surface area contributed by atoms with Crippen LogP contribution in [-0.4, -0.2) is 23.0 Å². The van der Waals surface area contributed by atoms with E-state index in [0.29, 0.717) is 21.2 Å². The summed E-state index contributed by atoms with van der Waals surface area (Å²) in [4.78, 5) is 20.1. The molecule has 0 aliphatic carbocycles. The predicted octanol–water partition coefficient (Wildman–Crippen LogP) is 2.95. The van der Waals surface area contributed by atoms with E-state index >= 15 is 0 Å². The first-order valence-corrected chi connectivity index (χ1v) is 6.03. The molecule has 0 saturated carbocycles. The van der Waals surface area contributed by atoms with Gasteiger partial charge in [0.05, 0.1) is 17.8 Å². The van der Waals surface area contributed by atoms with E-state index in [4.69, 9.17) is 16.3 Å². The van der Waals surface area contributed by atoms with E-state index < -0.39 is 0 Å². The Bertz CT molecular complexity index is 568. The number of ether oxygens (including phenoxy) is 1. The van der Waals surface area contributed by atoms with Crippen molar-refractivity contribution < 1.29 is 9.53 Å². The predicted molar refractivity (Wildman–Crippen MR) is 66.4 cm³/mol. The number of halogens is 1. The molecule has 0 aliphatic heterocycles. The van der Waals surface area contributed by atoms with Crippen LogP contribution in [0.2, 0.25) is 5.02 Å². The van der Waals surface area contributed by atoms with Crippen molar-refractivity contribution in [1.29, 1.82) is 0 Å². The smallest absolute Gasteiger partial charge is 0.348 e. The highest BCUT2D eigenvalue weighted by Gasteiger charge is 2.20. The number of esters is 1. The highest BCUT2D eigenvalue weighted by molar-refractivity contribution is 7.12. The van der Waals surface area contributed by atoms with Gasteiger partial charge < -0.3 is 4.74 Å². The molecule has 0 unspecified atom stereocenters. The Labute approximate surface area is 107 Å². The number of thiophene rings is 1. The molecule has 2 rings (SSSR count). The fraction of sp³-hybridized carbons (Fsp3) is 0.182. The van der Waals surface area contributed by atoms with Crippen LogP contribution in [0.4, 0.5) is 0 Å². The number of carbonyl (C=O) groups excluding carboxylic acids is 1. The average molecular weight is 269 g/mol. The van der Waals surface area contributed by atoms with Crippen molar-refractivity contribution >= 4 is 28.9 Å². The van der Waals surface area contributed by atoms with Crippen LogP contribution in [0.3, 0.4) is 0 Å². The number of aryl methyl sites for hydroxylation is 1. The summed E-state index contributed by atoms with van der Waals surface area (Å²) in [5.41, 5.74) is 2.21. The topological polar surface area (TPSA) is 52.1 Å². The van der Waals surface area contributed by atoms with Gasteiger partial charge in [0, 0.05) is 11.8 Å². The van der Waals surface area contributed by atoms with E-state index in [2.05, 4.69) is 9.97 Å². The molecule has 6 heteroatoms. The second-order valence-corrected chi connectivity index (χ2v) is 4.62. The lowest BCUT2D eigenvalue weighted by Crippen LogP contribution is -2.01. The molecule has 2 heterocycles. The Kier molecular flexibility index (Phi) is 3.40. The number of aromatic nitrogens is 2. The van der Waals surface area contributed by atoms with Crippen LogP contribution in [0.25, 0.3) is 11.3 Å². The minimum absolute atomic E-state index is 0.382. The zero-order valence-electron chi connectivity index (χ0n) is 9.23. The van der Waals surface area contributed by atoms with Crippen molar-refractivity contribution in [3.8, 4) is 11.3 Å². The van der Waals surface area contributed by atoms with Gasteiger partial charge in [0.25, 0.3) is 0 Å². The van der Waals surface area contributed by atoms with E-state index in [1.54, 1.807) is 0 Å². The number of rotatable bonds is 2. The molecule has 17 heavy (non-hydrogen) atoms. The SMILES string of the molecule is COC(=O)c1scc(C)c1-c1ncncc1Cl. The van der Waals surface area contributed by atoms with Crippen LogP contribution < -0.4 is 0 Å². The largest absolute Gasteiger partial charge is 0.465 e. The van der Waals surface area contributed by atoms with Crippen molar-refractivity contribution in [1.82, 2.24) is 9.97 Å². The average Bonchev–Trinajstić information content (AvgIpc) is 2.71. The van der Waals surface area contributed by atoms with Crippen LogP contribution in [0.1, 0.15) is 15.2 Å². The summed E-state index contributed by atoms with van der Waals surface area (Å²) in [6.07, 6.45) is 2.90. The monoisotopic (exact) mass is 268 g/mol. The van der Waals surface area contributed by atoms with Gasteiger partial charge in [-0.2, -0.15) is 0 Å². The number of hydrogen-bond acceptors (Lipinski definition) is 5. The lowest BCUT2D eigenvalue weighted by molar-refractivity contribution is 0.0607. The van der Waals surface area contributed by atoms with Gasteiger partial charge in [-0.3, -0.25) is 0 Å². The Morgan fingerprint density at radius 1 is 1.53 bits per heavy atom. The molecular weight excluding hydrogens is 260 g/mol. The summed E-state index contributed by atoms with van der Waals surface area (Å²) >= 11 is 7.35. The van der Waals surface area contributed by atoms with Crippen molar-refractivity contribution in [2.45, 2.75) is 6.92 Å². The molecule has 0 saturated heterocycles. The third-order valence-corrected chi connectivity index (χ3v) is 3.60. The molecule has 0 spiro atoms. The molecule has 0 atom stereocenters. The van der Waals surface area contributed by atoms with Crippen LogP contribution in [0, 0.1) is 6.92 Å². The quantitative estimate of drug-likeness (QED) is 0.786. The van der Waals surface area contributed by atoms with Crippen molar-refractivity contribution in [3.05, 3.63) is 33.4 Å². The third-order valence-electron chi connectivity index (χ3n) is 2.25. The van der Waals surface area contributed by atoms with Gasteiger partial charge in [-0.05, 0) is 17.9 Å². The van der Waals surface area contributed by atoms with Gasteiger partial charge in [-0.25, -0.2) is 14.8 Å². The minimum atomic E-state index is -0.382. The zero-order chi connectivity index (χ0) is 12.4. The van der Waals surface area contributed by atoms with E-state index in [1.165, 1.54) is 31.0 Å². The zero-order valence-corrected chi connectivity index (χ0v) is 10.8. The van der Waals surface area contributed by atoms with E-state index in [0.717, 1.165) is 5.56 Å². The minimum Gasteiger partial charge on any atom is -0.465 e.